The fourth-order valence-electron chi connectivity index (χ4n) is 2.82. The van der Waals surface area contributed by atoms with Crippen LogP contribution in [0.3, 0.4) is 0 Å². The first-order valence-electron chi connectivity index (χ1n) is 7.69. The molecule has 1 N–H and O–H groups in total. The summed E-state index contributed by atoms with van der Waals surface area (Å²) in [7, 11) is 0. The number of hydrogen-bond donors (Lipinski definition) is 1. The van der Waals surface area contributed by atoms with E-state index >= 15 is 0 Å². The SMILES string of the molecule is CC(=O)N1CCC(CNC(=O)c2cccn2C(C)C)CC1. The summed E-state index contributed by atoms with van der Waals surface area (Å²) in [5.41, 5.74) is 0.714. The van der Waals surface area contributed by atoms with Crippen LogP contribution in [0.2, 0.25) is 0 Å². The number of likely N-dealkylation sites (tertiary alicyclic amines) is 1. The molecule has 0 aromatic carbocycles. The van der Waals surface area contributed by atoms with Gasteiger partial charge in [0, 0.05) is 38.8 Å². The molecule has 0 unspecified atom stereocenters. The Morgan fingerprint density at radius 3 is 2.57 bits per heavy atom. The second-order valence-corrected chi connectivity index (χ2v) is 6.05. The van der Waals surface area contributed by atoms with E-state index < -0.39 is 0 Å². The van der Waals surface area contributed by atoms with Crippen molar-refractivity contribution in [3.63, 3.8) is 0 Å². The molecular weight excluding hydrogens is 266 g/mol. The van der Waals surface area contributed by atoms with Crippen molar-refractivity contribution in [2.24, 2.45) is 5.92 Å². The molecule has 2 heterocycles. The molecule has 0 radical (unpaired) electrons. The van der Waals surface area contributed by atoms with Crippen LogP contribution in [0.15, 0.2) is 18.3 Å². The molecule has 1 aliphatic rings. The first-order chi connectivity index (χ1) is 9.99. The first-order valence-corrected chi connectivity index (χ1v) is 7.69. The Hall–Kier alpha value is -1.78. The van der Waals surface area contributed by atoms with Gasteiger partial charge in [0.1, 0.15) is 5.69 Å². The maximum atomic E-state index is 12.2. The van der Waals surface area contributed by atoms with Gasteiger partial charge in [-0.05, 0) is 44.7 Å². The van der Waals surface area contributed by atoms with Gasteiger partial charge in [-0.2, -0.15) is 0 Å². The quantitative estimate of drug-likeness (QED) is 0.923. The van der Waals surface area contributed by atoms with Crippen molar-refractivity contribution in [2.45, 2.75) is 39.7 Å². The number of piperidine rings is 1. The molecule has 0 spiro atoms. The number of aromatic nitrogens is 1. The minimum absolute atomic E-state index is 0.0114. The second kappa shape index (κ2) is 6.78. The number of nitrogens with one attached hydrogen (secondary N) is 1. The number of nitrogens with zero attached hydrogens (tertiary/aromatic N) is 2. The zero-order valence-electron chi connectivity index (χ0n) is 13.1. The lowest BCUT2D eigenvalue weighted by molar-refractivity contribution is -0.130. The third kappa shape index (κ3) is 3.86. The standard InChI is InChI=1S/C16H25N3O2/c1-12(2)19-8-4-5-15(19)16(21)17-11-14-6-9-18(10-7-14)13(3)20/h4-5,8,12,14H,6-7,9-11H2,1-3H3,(H,17,21). The van der Waals surface area contributed by atoms with Crippen LogP contribution in [0.5, 0.6) is 0 Å². The maximum Gasteiger partial charge on any atom is 0.267 e. The lowest BCUT2D eigenvalue weighted by Crippen LogP contribution is -2.40. The smallest absolute Gasteiger partial charge is 0.267 e. The average Bonchev–Trinajstić information content (AvgIpc) is 2.95. The lowest BCUT2D eigenvalue weighted by atomic mass is 9.97. The number of rotatable bonds is 4. The predicted octanol–water partition coefficient (Wildman–Crippen LogP) is 2.06. The van der Waals surface area contributed by atoms with Gasteiger partial charge >= 0.3 is 0 Å². The molecule has 2 amide bonds. The van der Waals surface area contributed by atoms with Gasteiger partial charge in [0.25, 0.3) is 5.91 Å². The highest BCUT2D eigenvalue weighted by atomic mass is 16.2. The van der Waals surface area contributed by atoms with Crippen LogP contribution >= 0.6 is 0 Å². The summed E-state index contributed by atoms with van der Waals surface area (Å²) in [5.74, 6) is 0.599. The Labute approximate surface area is 126 Å². The van der Waals surface area contributed by atoms with Crippen molar-refractivity contribution < 1.29 is 9.59 Å². The first kappa shape index (κ1) is 15.6. The zero-order chi connectivity index (χ0) is 15.4. The summed E-state index contributed by atoms with van der Waals surface area (Å²) in [5, 5.41) is 3.03. The molecular formula is C16H25N3O2. The minimum atomic E-state index is -0.0114. The van der Waals surface area contributed by atoms with Gasteiger partial charge in [0.05, 0.1) is 0 Å². The van der Waals surface area contributed by atoms with Gasteiger partial charge < -0.3 is 14.8 Å². The van der Waals surface area contributed by atoms with E-state index in [2.05, 4.69) is 19.2 Å². The van der Waals surface area contributed by atoms with E-state index in [-0.39, 0.29) is 17.9 Å². The molecule has 21 heavy (non-hydrogen) atoms. The molecule has 0 saturated carbocycles. The molecule has 2 rings (SSSR count). The van der Waals surface area contributed by atoms with Gasteiger partial charge in [-0.1, -0.05) is 0 Å². The molecule has 0 bridgehead atoms. The normalized spacial score (nSPS) is 16.3. The van der Waals surface area contributed by atoms with Crippen LogP contribution in [0.1, 0.15) is 50.1 Å². The largest absolute Gasteiger partial charge is 0.350 e. The summed E-state index contributed by atoms with van der Waals surface area (Å²) in [4.78, 5) is 25.4. The fourth-order valence-corrected chi connectivity index (χ4v) is 2.82. The summed E-state index contributed by atoms with van der Waals surface area (Å²) < 4.78 is 1.98. The van der Waals surface area contributed by atoms with Crippen molar-refractivity contribution in [1.82, 2.24) is 14.8 Å². The van der Waals surface area contributed by atoms with Crippen molar-refractivity contribution in [2.75, 3.05) is 19.6 Å². The third-order valence-electron chi connectivity index (χ3n) is 4.18. The molecule has 0 aliphatic carbocycles. The van der Waals surface area contributed by atoms with Gasteiger partial charge in [0.15, 0.2) is 0 Å². The summed E-state index contributed by atoms with van der Waals surface area (Å²) in [6.45, 7) is 8.04. The Morgan fingerprint density at radius 2 is 2.00 bits per heavy atom. The fraction of sp³-hybridized carbons (Fsp3) is 0.625. The highest BCUT2D eigenvalue weighted by Crippen LogP contribution is 2.17. The van der Waals surface area contributed by atoms with Crippen molar-refractivity contribution >= 4 is 11.8 Å². The maximum absolute atomic E-state index is 12.2. The minimum Gasteiger partial charge on any atom is -0.350 e. The van der Waals surface area contributed by atoms with E-state index in [9.17, 15) is 9.59 Å². The predicted molar refractivity (Wildman–Crippen MR) is 82.1 cm³/mol. The number of carbonyl (C=O) groups excluding carboxylic acids is 2. The van der Waals surface area contributed by atoms with Gasteiger partial charge in [-0.3, -0.25) is 9.59 Å². The molecule has 1 aliphatic heterocycles. The number of amides is 2. The van der Waals surface area contributed by atoms with E-state index in [1.165, 1.54) is 0 Å². The van der Waals surface area contributed by atoms with E-state index in [4.69, 9.17) is 0 Å². The summed E-state index contributed by atoms with van der Waals surface area (Å²) >= 11 is 0. The average molecular weight is 291 g/mol. The monoisotopic (exact) mass is 291 g/mol. The van der Waals surface area contributed by atoms with Gasteiger partial charge in [-0.15, -0.1) is 0 Å². The van der Waals surface area contributed by atoms with E-state index in [1.54, 1.807) is 6.92 Å². The molecule has 1 aromatic heterocycles. The number of hydrogen-bond acceptors (Lipinski definition) is 2. The van der Waals surface area contributed by atoms with Crippen LogP contribution in [0, 0.1) is 5.92 Å². The molecule has 5 heteroatoms. The Balaban J connectivity index is 1.82. The highest BCUT2D eigenvalue weighted by Gasteiger charge is 2.21. The molecule has 0 atom stereocenters. The van der Waals surface area contributed by atoms with Crippen LogP contribution in [-0.4, -0.2) is 40.9 Å². The molecule has 5 nitrogen and oxygen atoms in total. The van der Waals surface area contributed by atoms with Crippen LogP contribution < -0.4 is 5.32 Å². The number of carbonyl (C=O) groups is 2. The van der Waals surface area contributed by atoms with Crippen LogP contribution in [-0.2, 0) is 4.79 Å². The third-order valence-corrected chi connectivity index (χ3v) is 4.18. The molecule has 116 valence electrons. The summed E-state index contributed by atoms with van der Waals surface area (Å²) in [6.07, 6.45) is 3.86. The zero-order valence-corrected chi connectivity index (χ0v) is 13.1. The van der Waals surface area contributed by atoms with Crippen molar-refractivity contribution in [3.8, 4) is 0 Å². The summed E-state index contributed by atoms with van der Waals surface area (Å²) in [6, 6.07) is 4.04. The Kier molecular flexibility index (Phi) is 5.04. The van der Waals surface area contributed by atoms with E-state index in [0.29, 0.717) is 18.2 Å². The van der Waals surface area contributed by atoms with E-state index in [1.807, 2.05) is 27.8 Å². The molecule has 1 aromatic rings. The van der Waals surface area contributed by atoms with Crippen molar-refractivity contribution in [3.05, 3.63) is 24.0 Å². The van der Waals surface area contributed by atoms with E-state index in [0.717, 1.165) is 25.9 Å². The Bertz CT molecular complexity index is 499. The van der Waals surface area contributed by atoms with Crippen LogP contribution in [0.25, 0.3) is 0 Å². The second-order valence-electron chi connectivity index (χ2n) is 6.05. The molecule has 1 saturated heterocycles. The van der Waals surface area contributed by atoms with Crippen molar-refractivity contribution in [1.29, 1.82) is 0 Å². The Morgan fingerprint density at radius 1 is 1.33 bits per heavy atom. The highest BCUT2D eigenvalue weighted by molar-refractivity contribution is 5.92. The van der Waals surface area contributed by atoms with Crippen LogP contribution in [0.4, 0.5) is 0 Å². The van der Waals surface area contributed by atoms with Gasteiger partial charge in [0.2, 0.25) is 5.91 Å². The topological polar surface area (TPSA) is 54.3 Å². The lowest BCUT2D eigenvalue weighted by Gasteiger charge is -2.31. The van der Waals surface area contributed by atoms with Gasteiger partial charge in [-0.25, -0.2) is 0 Å². The molecule has 1 fully saturated rings.